The van der Waals surface area contributed by atoms with Gasteiger partial charge in [-0.25, -0.2) is 9.78 Å². The van der Waals surface area contributed by atoms with Gasteiger partial charge in [-0.1, -0.05) is 6.92 Å². The molecule has 1 aromatic rings. The van der Waals surface area contributed by atoms with Gasteiger partial charge in [0, 0.05) is 11.9 Å². The summed E-state index contributed by atoms with van der Waals surface area (Å²) < 4.78 is 0. The molecular formula is C9H13N3O3S. The molecule has 0 radical (unpaired) electrons. The lowest BCUT2D eigenvalue weighted by Gasteiger charge is -2.02. The van der Waals surface area contributed by atoms with Crippen LogP contribution in [0.3, 0.4) is 0 Å². The maximum Gasteiger partial charge on any atom is 0.321 e. The average molecular weight is 243 g/mol. The predicted molar refractivity (Wildman–Crippen MR) is 60.8 cm³/mol. The number of hydrogen-bond donors (Lipinski definition) is 3. The third-order valence-electron chi connectivity index (χ3n) is 1.76. The minimum Gasteiger partial charge on any atom is -0.481 e. The molecule has 3 N–H and O–H groups in total. The Morgan fingerprint density at radius 1 is 1.56 bits per heavy atom. The number of carbonyl (C=O) groups is 2. The monoisotopic (exact) mass is 243 g/mol. The number of rotatable bonds is 5. The van der Waals surface area contributed by atoms with Gasteiger partial charge in [-0.3, -0.25) is 10.1 Å². The van der Waals surface area contributed by atoms with E-state index < -0.39 is 12.0 Å². The molecule has 1 rings (SSSR count). The van der Waals surface area contributed by atoms with Crippen LogP contribution in [0.5, 0.6) is 0 Å². The lowest BCUT2D eigenvalue weighted by Crippen LogP contribution is -2.30. The third-order valence-corrected chi connectivity index (χ3v) is 2.57. The van der Waals surface area contributed by atoms with Crippen LogP contribution in [0.15, 0.2) is 5.38 Å². The number of amides is 2. The van der Waals surface area contributed by atoms with Gasteiger partial charge in [0.25, 0.3) is 0 Å². The first-order valence-corrected chi connectivity index (χ1v) is 5.70. The number of thiazole rings is 1. The van der Waals surface area contributed by atoms with Crippen LogP contribution in [-0.2, 0) is 11.2 Å². The molecule has 1 aromatic heterocycles. The summed E-state index contributed by atoms with van der Waals surface area (Å²) in [6.45, 7) is 2.08. The van der Waals surface area contributed by atoms with Gasteiger partial charge < -0.3 is 10.4 Å². The van der Waals surface area contributed by atoms with Crippen LogP contribution < -0.4 is 10.6 Å². The zero-order valence-electron chi connectivity index (χ0n) is 8.82. The third kappa shape index (κ3) is 4.26. The lowest BCUT2D eigenvalue weighted by atomic mass is 10.4. The van der Waals surface area contributed by atoms with E-state index in [1.807, 2.05) is 12.3 Å². The molecule has 1 heterocycles. The summed E-state index contributed by atoms with van der Waals surface area (Å²) in [7, 11) is 0. The standard InChI is InChI=1S/C9H13N3O3S/c1-2-6-5-16-9(11-6)12-8(15)10-4-3-7(13)14/h5H,2-4H2,1H3,(H,13,14)(H2,10,11,12,15). The Morgan fingerprint density at radius 3 is 2.88 bits per heavy atom. The Morgan fingerprint density at radius 2 is 2.31 bits per heavy atom. The van der Waals surface area contributed by atoms with Crippen molar-refractivity contribution in [3.63, 3.8) is 0 Å². The maximum absolute atomic E-state index is 11.2. The average Bonchev–Trinajstić information content (AvgIpc) is 2.65. The van der Waals surface area contributed by atoms with E-state index in [-0.39, 0.29) is 13.0 Å². The number of carboxylic acids is 1. The van der Waals surface area contributed by atoms with Crippen LogP contribution in [0.25, 0.3) is 0 Å². The molecule has 0 aliphatic rings. The smallest absolute Gasteiger partial charge is 0.321 e. The van der Waals surface area contributed by atoms with E-state index >= 15 is 0 Å². The van der Waals surface area contributed by atoms with Crippen molar-refractivity contribution in [3.05, 3.63) is 11.1 Å². The molecule has 0 aliphatic heterocycles. The summed E-state index contributed by atoms with van der Waals surface area (Å²) in [6.07, 6.45) is 0.727. The summed E-state index contributed by atoms with van der Waals surface area (Å²) in [5, 5.41) is 15.7. The van der Waals surface area contributed by atoms with E-state index in [1.165, 1.54) is 11.3 Å². The summed E-state index contributed by atoms with van der Waals surface area (Å²) in [5.74, 6) is -0.942. The van der Waals surface area contributed by atoms with Crippen molar-refractivity contribution in [2.24, 2.45) is 0 Å². The van der Waals surface area contributed by atoms with Gasteiger partial charge in [0.05, 0.1) is 12.1 Å². The minimum atomic E-state index is -0.942. The van der Waals surface area contributed by atoms with Crippen LogP contribution in [0, 0.1) is 0 Å². The van der Waals surface area contributed by atoms with Crippen molar-refractivity contribution >= 4 is 28.5 Å². The first-order chi connectivity index (χ1) is 7.61. The number of nitrogens with one attached hydrogen (secondary N) is 2. The largest absolute Gasteiger partial charge is 0.481 e. The quantitative estimate of drug-likeness (QED) is 0.727. The molecule has 6 nitrogen and oxygen atoms in total. The number of anilines is 1. The summed E-state index contributed by atoms with van der Waals surface area (Å²) in [5.41, 5.74) is 0.922. The number of nitrogens with zero attached hydrogens (tertiary/aromatic N) is 1. The highest BCUT2D eigenvalue weighted by Gasteiger charge is 2.05. The second-order valence-corrected chi connectivity index (χ2v) is 3.88. The molecule has 0 bridgehead atoms. The number of aryl methyl sites for hydroxylation is 1. The van der Waals surface area contributed by atoms with Crippen molar-refractivity contribution in [1.82, 2.24) is 10.3 Å². The van der Waals surface area contributed by atoms with Crippen molar-refractivity contribution < 1.29 is 14.7 Å². The van der Waals surface area contributed by atoms with Gasteiger partial charge in [0.1, 0.15) is 0 Å². The summed E-state index contributed by atoms with van der Waals surface area (Å²) in [4.78, 5) is 25.6. The van der Waals surface area contributed by atoms with Gasteiger partial charge in [0.2, 0.25) is 0 Å². The molecule has 0 fully saturated rings. The second kappa shape index (κ2) is 6.06. The fraction of sp³-hybridized carbons (Fsp3) is 0.444. The van der Waals surface area contributed by atoms with Crippen molar-refractivity contribution in [1.29, 1.82) is 0 Å². The molecule has 16 heavy (non-hydrogen) atoms. The molecule has 0 spiro atoms. The highest BCUT2D eigenvalue weighted by molar-refractivity contribution is 7.13. The molecule has 0 aromatic carbocycles. The van der Waals surface area contributed by atoms with Crippen LogP contribution in [0.4, 0.5) is 9.93 Å². The minimum absolute atomic E-state index is 0.0918. The fourth-order valence-electron chi connectivity index (χ4n) is 0.951. The van der Waals surface area contributed by atoms with E-state index in [0.29, 0.717) is 5.13 Å². The molecule has 0 saturated carbocycles. The van der Waals surface area contributed by atoms with Gasteiger partial charge in [-0.2, -0.15) is 0 Å². The topological polar surface area (TPSA) is 91.3 Å². The lowest BCUT2D eigenvalue weighted by molar-refractivity contribution is -0.136. The molecule has 7 heteroatoms. The first kappa shape index (κ1) is 12.4. The van der Waals surface area contributed by atoms with Crippen LogP contribution >= 0.6 is 11.3 Å². The molecule has 0 unspecified atom stereocenters. The Hall–Kier alpha value is -1.63. The fourth-order valence-corrected chi connectivity index (χ4v) is 1.74. The Balaban J connectivity index is 2.31. The van der Waals surface area contributed by atoms with E-state index in [0.717, 1.165) is 12.1 Å². The molecular weight excluding hydrogens is 230 g/mol. The predicted octanol–water partition coefficient (Wildman–Crippen LogP) is 1.30. The van der Waals surface area contributed by atoms with Crippen LogP contribution in [-0.4, -0.2) is 28.6 Å². The maximum atomic E-state index is 11.2. The Bertz CT molecular complexity index is 378. The van der Waals surface area contributed by atoms with Gasteiger partial charge in [-0.05, 0) is 6.42 Å². The number of carboxylic acid groups (broad SMARTS) is 1. The number of aromatic nitrogens is 1. The van der Waals surface area contributed by atoms with Crippen molar-refractivity contribution in [2.75, 3.05) is 11.9 Å². The van der Waals surface area contributed by atoms with Crippen LogP contribution in [0.1, 0.15) is 19.0 Å². The summed E-state index contributed by atoms with van der Waals surface area (Å²) in [6, 6.07) is -0.432. The van der Waals surface area contributed by atoms with Gasteiger partial charge in [-0.15, -0.1) is 11.3 Å². The van der Waals surface area contributed by atoms with Gasteiger partial charge >= 0.3 is 12.0 Å². The highest BCUT2D eigenvalue weighted by Crippen LogP contribution is 2.15. The SMILES string of the molecule is CCc1csc(NC(=O)NCCC(=O)O)n1. The number of hydrogen-bond acceptors (Lipinski definition) is 4. The highest BCUT2D eigenvalue weighted by atomic mass is 32.1. The first-order valence-electron chi connectivity index (χ1n) is 4.83. The number of carbonyl (C=O) groups excluding carboxylic acids is 1. The van der Waals surface area contributed by atoms with Crippen molar-refractivity contribution in [3.8, 4) is 0 Å². The normalized spacial score (nSPS) is 9.81. The van der Waals surface area contributed by atoms with E-state index in [2.05, 4.69) is 15.6 Å². The Labute approximate surface area is 96.7 Å². The Kier molecular flexibility index (Phi) is 4.71. The van der Waals surface area contributed by atoms with Gasteiger partial charge in [0.15, 0.2) is 5.13 Å². The number of aliphatic carboxylic acids is 1. The molecule has 88 valence electrons. The van der Waals surface area contributed by atoms with E-state index in [1.54, 1.807) is 0 Å². The zero-order valence-corrected chi connectivity index (χ0v) is 9.63. The van der Waals surface area contributed by atoms with E-state index in [9.17, 15) is 9.59 Å². The zero-order chi connectivity index (χ0) is 12.0. The molecule has 2 amide bonds. The molecule has 0 atom stereocenters. The van der Waals surface area contributed by atoms with Crippen molar-refractivity contribution in [2.45, 2.75) is 19.8 Å². The summed E-state index contributed by atoms with van der Waals surface area (Å²) >= 11 is 1.34. The van der Waals surface area contributed by atoms with E-state index in [4.69, 9.17) is 5.11 Å². The van der Waals surface area contributed by atoms with Crippen LogP contribution in [0.2, 0.25) is 0 Å². The molecule has 0 aliphatic carbocycles. The second-order valence-electron chi connectivity index (χ2n) is 3.02. The molecule has 0 saturated heterocycles. The number of urea groups is 1.